The molecule has 0 radical (unpaired) electrons. The molecule has 0 aliphatic rings. The second-order valence-corrected chi connectivity index (χ2v) is 4.45. The second kappa shape index (κ2) is 5.89. The molecular formula is C13H15ClN2O2. The predicted molar refractivity (Wildman–Crippen MR) is 69.8 cm³/mol. The number of halogens is 1. The third-order valence-electron chi connectivity index (χ3n) is 2.75. The molecule has 0 saturated heterocycles. The topological polar surface area (TPSA) is 47.3 Å². The van der Waals surface area contributed by atoms with Gasteiger partial charge in [-0.25, -0.2) is 0 Å². The van der Waals surface area contributed by atoms with Gasteiger partial charge in [0.25, 0.3) is 0 Å². The minimum atomic E-state index is 0.168. The van der Waals surface area contributed by atoms with E-state index in [1.807, 2.05) is 25.2 Å². The molecule has 1 heterocycles. The lowest BCUT2D eigenvalue weighted by molar-refractivity contribution is 0.298. The lowest BCUT2D eigenvalue weighted by atomic mass is 10.1. The molecule has 4 nitrogen and oxygen atoms in total. The number of nitrogens with one attached hydrogen (secondary N) is 1. The Hall–Kier alpha value is -1.52. The van der Waals surface area contributed by atoms with Crippen LogP contribution in [0.5, 0.6) is 5.75 Å². The molecule has 2 rings (SSSR count). The van der Waals surface area contributed by atoms with Gasteiger partial charge in [-0.1, -0.05) is 16.8 Å². The van der Waals surface area contributed by atoms with E-state index >= 15 is 0 Å². The molecule has 18 heavy (non-hydrogen) atoms. The highest BCUT2D eigenvalue weighted by molar-refractivity contribution is 6.30. The fraction of sp³-hybridized carbons (Fsp3) is 0.308. The van der Waals surface area contributed by atoms with E-state index in [0.29, 0.717) is 11.6 Å². The summed E-state index contributed by atoms with van der Waals surface area (Å²) >= 11 is 6.01. The Morgan fingerprint density at radius 2 is 2.33 bits per heavy atom. The van der Waals surface area contributed by atoms with Gasteiger partial charge in [0.15, 0.2) is 0 Å². The Labute approximate surface area is 111 Å². The molecule has 0 amide bonds. The van der Waals surface area contributed by atoms with Gasteiger partial charge >= 0.3 is 0 Å². The zero-order chi connectivity index (χ0) is 13.0. The summed E-state index contributed by atoms with van der Waals surface area (Å²) in [6, 6.07) is 5.77. The zero-order valence-electron chi connectivity index (χ0n) is 10.3. The van der Waals surface area contributed by atoms with Gasteiger partial charge in [-0.2, -0.15) is 0 Å². The molecule has 0 aliphatic carbocycles. The first-order valence-electron chi connectivity index (χ1n) is 5.68. The van der Waals surface area contributed by atoms with Gasteiger partial charge in [-0.05, 0) is 32.2 Å². The van der Waals surface area contributed by atoms with Crippen LogP contribution in [0.15, 0.2) is 35.2 Å². The van der Waals surface area contributed by atoms with E-state index in [9.17, 15) is 0 Å². The number of hydrogen-bond acceptors (Lipinski definition) is 4. The third-order valence-corrected chi connectivity index (χ3v) is 2.98. The molecule has 1 unspecified atom stereocenters. The normalized spacial score (nSPS) is 12.4. The molecular weight excluding hydrogens is 252 g/mol. The van der Waals surface area contributed by atoms with Crippen LogP contribution in [0, 0.1) is 0 Å². The van der Waals surface area contributed by atoms with E-state index in [1.54, 1.807) is 12.5 Å². The van der Waals surface area contributed by atoms with Gasteiger partial charge in [-0.3, -0.25) is 0 Å². The minimum Gasteiger partial charge on any atom is -0.488 e. The van der Waals surface area contributed by atoms with E-state index in [-0.39, 0.29) is 6.04 Å². The molecule has 1 N–H and O–H groups in total. The fourth-order valence-electron chi connectivity index (χ4n) is 1.60. The molecule has 0 saturated carbocycles. The quantitative estimate of drug-likeness (QED) is 0.903. The van der Waals surface area contributed by atoms with Crippen molar-refractivity contribution >= 4 is 11.6 Å². The zero-order valence-corrected chi connectivity index (χ0v) is 11.1. The Balaban J connectivity index is 2.16. The van der Waals surface area contributed by atoms with Crippen molar-refractivity contribution < 1.29 is 9.26 Å². The van der Waals surface area contributed by atoms with Crippen molar-refractivity contribution in [3.05, 3.63) is 46.8 Å². The van der Waals surface area contributed by atoms with Crippen LogP contribution >= 0.6 is 11.6 Å². The van der Waals surface area contributed by atoms with E-state index < -0.39 is 0 Å². The predicted octanol–water partition coefficient (Wildman–Crippen LogP) is 3.19. The van der Waals surface area contributed by atoms with Crippen LogP contribution in [0.4, 0.5) is 0 Å². The number of hydrogen-bond donors (Lipinski definition) is 1. The maximum Gasteiger partial charge on any atom is 0.130 e. The summed E-state index contributed by atoms with van der Waals surface area (Å²) in [5.74, 6) is 0.808. The summed E-state index contributed by atoms with van der Waals surface area (Å²) in [6.07, 6.45) is 3.20. The monoisotopic (exact) mass is 266 g/mol. The molecule has 1 atom stereocenters. The summed E-state index contributed by atoms with van der Waals surface area (Å²) in [5.41, 5.74) is 1.93. The lowest BCUT2D eigenvalue weighted by Gasteiger charge is -2.16. The first kappa shape index (κ1) is 12.9. The standard InChI is InChI=1S/C13H15ClN2O2/c1-9(15-2)12-5-11(14)3-4-13(12)17-7-10-6-16-18-8-10/h3-6,8-9,15H,7H2,1-2H3. The van der Waals surface area contributed by atoms with Crippen molar-refractivity contribution in [1.29, 1.82) is 0 Å². The fourth-order valence-corrected chi connectivity index (χ4v) is 1.78. The molecule has 0 fully saturated rings. The molecule has 1 aromatic carbocycles. The number of aromatic nitrogens is 1. The highest BCUT2D eigenvalue weighted by Gasteiger charge is 2.11. The summed E-state index contributed by atoms with van der Waals surface area (Å²) < 4.78 is 10.5. The maximum atomic E-state index is 6.01. The molecule has 5 heteroatoms. The van der Waals surface area contributed by atoms with Crippen molar-refractivity contribution in [3.63, 3.8) is 0 Å². The van der Waals surface area contributed by atoms with Crippen LogP contribution in [0.25, 0.3) is 0 Å². The number of nitrogens with zero attached hydrogens (tertiary/aromatic N) is 1. The summed E-state index contributed by atoms with van der Waals surface area (Å²) in [7, 11) is 1.90. The van der Waals surface area contributed by atoms with Crippen molar-refractivity contribution in [2.45, 2.75) is 19.6 Å². The van der Waals surface area contributed by atoms with Crippen LogP contribution in [-0.2, 0) is 6.61 Å². The average Bonchev–Trinajstić information content (AvgIpc) is 2.89. The summed E-state index contributed by atoms with van der Waals surface area (Å²) in [6.45, 7) is 2.48. The van der Waals surface area contributed by atoms with Gasteiger partial charge in [-0.15, -0.1) is 0 Å². The lowest BCUT2D eigenvalue weighted by Crippen LogP contribution is -2.13. The van der Waals surface area contributed by atoms with Gasteiger partial charge in [0, 0.05) is 22.2 Å². The van der Waals surface area contributed by atoms with Crippen molar-refractivity contribution in [1.82, 2.24) is 10.5 Å². The Morgan fingerprint density at radius 3 is 3.00 bits per heavy atom. The first-order valence-corrected chi connectivity index (χ1v) is 6.06. The van der Waals surface area contributed by atoms with Crippen LogP contribution < -0.4 is 10.1 Å². The number of benzene rings is 1. The van der Waals surface area contributed by atoms with Crippen LogP contribution in [-0.4, -0.2) is 12.2 Å². The third kappa shape index (κ3) is 3.03. The first-order chi connectivity index (χ1) is 8.70. The molecule has 2 aromatic rings. The van der Waals surface area contributed by atoms with Gasteiger partial charge in [0.1, 0.15) is 18.6 Å². The Kier molecular flexibility index (Phi) is 4.23. The highest BCUT2D eigenvalue weighted by atomic mass is 35.5. The molecule has 96 valence electrons. The van der Waals surface area contributed by atoms with Gasteiger partial charge < -0.3 is 14.6 Å². The Bertz CT molecular complexity index is 500. The van der Waals surface area contributed by atoms with Gasteiger partial charge in [0.2, 0.25) is 0 Å². The molecule has 0 aliphatic heterocycles. The van der Waals surface area contributed by atoms with E-state index in [2.05, 4.69) is 17.4 Å². The van der Waals surface area contributed by atoms with Crippen molar-refractivity contribution in [3.8, 4) is 5.75 Å². The Morgan fingerprint density at radius 1 is 1.50 bits per heavy atom. The van der Waals surface area contributed by atoms with Gasteiger partial charge in [0.05, 0.1) is 6.20 Å². The SMILES string of the molecule is CNC(C)c1cc(Cl)ccc1OCc1cnoc1. The van der Waals surface area contributed by atoms with Crippen LogP contribution in [0.3, 0.4) is 0 Å². The minimum absolute atomic E-state index is 0.168. The van der Waals surface area contributed by atoms with E-state index in [4.69, 9.17) is 20.9 Å². The highest BCUT2D eigenvalue weighted by Crippen LogP contribution is 2.28. The van der Waals surface area contributed by atoms with Crippen molar-refractivity contribution in [2.75, 3.05) is 7.05 Å². The average molecular weight is 267 g/mol. The second-order valence-electron chi connectivity index (χ2n) is 4.01. The van der Waals surface area contributed by atoms with Crippen LogP contribution in [0.1, 0.15) is 24.1 Å². The smallest absolute Gasteiger partial charge is 0.130 e. The van der Waals surface area contributed by atoms with Crippen LogP contribution in [0.2, 0.25) is 5.02 Å². The van der Waals surface area contributed by atoms with E-state index in [1.165, 1.54) is 0 Å². The maximum absolute atomic E-state index is 6.01. The number of ether oxygens (including phenoxy) is 1. The molecule has 0 spiro atoms. The number of rotatable bonds is 5. The molecule has 0 bridgehead atoms. The summed E-state index contributed by atoms with van der Waals surface area (Å²) in [4.78, 5) is 0. The largest absolute Gasteiger partial charge is 0.488 e. The van der Waals surface area contributed by atoms with Crippen molar-refractivity contribution in [2.24, 2.45) is 0 Å². The molecule has 1 aromatic heterocycles. The van der Waals surface area contributed by atoms with E-state index in [0.717, 1.165) is 16.9 Å². The summed E-state index contributed by atoms with van der Waals surface area (Å²) in [5, 5.41) is 7.50.